The Bertz CT molecular complexity index is 503. The smallest absolute Gasteiger partial charge is 0.319 e. The first-order valence-corrected chi connectivity index (χ1v) is 6.78. The Morgan fingerprint density at radius 2 is 1.71 bits per heavy atom. The van der Waals surface area contributed by atoms with E-state index in [9.17, 15) is 14.0 Å². The SMILES string of the molecule is CN(C)C(=O)C(Cc1ccc(F)cc1)C(=O)OC(C)(C)C. The molecule has 1 aromatic rings. The summed E-state index contributed by atoms with van der Waals surface area (Å²) >= 11 is 0. The van der Waals surface area contributed by atoms with Crippen LogP contribution >= 0.6 is 0 Å². The van der Waals surface area contributed by atoms with Crippen molar-refractivity contribution in [2.45, 2.75) is 32.8 Å². The lowest BCUT2D eigenvalue weighted by atomic mass is 9.97. The second-order valence-corrected chi connectivity index (χ2v) is 6.15. The Balaban J connectivity index is 2.94. The van der Waals surface area contributed by atoms with Crippen LogP contribution in [-0.2, 0) is 20.7 Å². The van der Waals surface area contributed by atoms with Crippen LogP contribution < -0.4 is 0 Å². The number of amides is 1. The summed E-state index contributed by atoms with van der Waals surface area (Å²) in [6, 6.07) is 5.74. The molecule has 0 N–H and O–H groups in total. The summed E-state index contributed by atoms with van der Waals surface area (Å²) < 4.78 is 18.2. The van der Waals surface area contributed by atoms with E-state index < -0.39 is 17.5 Å². The molecule has 1 atom stereocenters. The molecular formula is C16H22FNO3. The number of nitrogens with zero attached hydrogens (tertiary/aromatic N) is 1. The topological polar surface area (TPSA) is 46.6 Å². The predicted molar refractivity (Wildman–Crippen MR) is 78.1 cm³/mol. The molecule has 116 valence electrons. The fraction of sp³-hybridized carbons (Fsp3) is 0.500. The minimum absolute atomic E-state index is 0.187. The first-order valence-electron chi connectivity index (χ1n) is 6.78. The molecule has 1 aromatic carbocycles. The third-order valence-electron chi connectivity index (χ3n) is 2.78. The summed E-state index contributed by atoms with van der Waals surface area (Å²) in [5.41, 5.74) is 0.0486. The van der Waals surface area contributed by atoms with Gasteiger partial charge in [-0.3, -0.25) is 9.59 Å². The van der Waals surface area contributed by atoms with Gasteiger partial charge in [0.05, 0.1) is 0 Å². The molecule has 4 nitrogen and oxygen atoms in total. The van der Waals surface area contributed by atoms with E-state index in [-0.39, 0.29) is 18.1 Å². The fourth-order valence-corrected chi connectivity index (χ4v) is 1.81. The number of benzene rings is 1. The van der Waals surface area contributed by atoms with Crippen molar-refractivity contribution in [1.29, 1.82) is 0 Å². The van der Waals surface area contributed by atoms with Crippen molar-refractivity contribution in [2.75, 3.05) is 14.1 Å². The van der Waals surface area contributed by atoms with E-state index >= 15 is 0 Å². The van der Waals surface area contributed by atoms with E-state index in [2.05, 4.69) is 0 Å². The maximum absolute atomic E-state index is 12.9. The van der Waals surface area contributed by atoms with E-state index in [1.807, 2.05) is 0 Å². The molecule has 0 radical (unpaired) electrons. The number of esters is 1. The number of carbonyl (C=O) groups excluding carboxylic acids is 2. The Morgan fingerprint density at radius 3 is 2.14 bits per heavy atom. The van der Waals surface area contributed by atoms with Gasteiger partial charge < -0.3 is 9.64 Å². The summed E-state index contributed by atoms with van der Waals surface area (Å²) in [6.45, 7) is 5.25. The van der Waals surface area contributed by atoms with Gasteiger partial charge in [-0.2, -0.15) is 0 Å². The van der Waals surface area contributed by atoms with Gasteiger partial charge >= 0.3 is 5.97 Å². The van der Waals surface area contributed by atoms with Crippen molar-refractivity contribution >= 4 is 11.9 Å². The third-order valence-corrected chi connectivity index (χ3v) is 2.78. The fourth-order valence-electron chi connectivity index (χ4n) is 1.81. The molecule has 0 aromatic heterocycles. The van der Waals surface area contributed by atoms with Crippen LogP contribution in [0.1, 0.15) is 26.3 Å². The highest BCUT2D eigenvalue weighted by molar-refractivity contribution is 5.98. The average Bonchev–Trinajstić information content (AvgIpc) is 2.35. The third kappa shape index (κ3) is 5.53. The molecule has 0 saturated heterocycles. The molecule has 0 aliphatic carbocycles. The van der Waals surface area contributed by atoms with Crippen LogP contribution in [0.15, 0.2) is 24.3 Å². The van der Waals surface area contributed by atoms with Crippen molar-refractivity contribution < 1.29 is 18.7 Å². The standard InChI is InChI=1S/C16H22FNO3/c1-16(2,3)21-15(20)13(14(19)18(4)5)10-11-6-8-12(17)9-7-11/h6-9,13H,10H2,1-5H3. The van der Waals surface area contributed by atoms with Crippen molar-refractivity contribution in [3.63, 3.8) is 0 Å². The number of hydrogen-bond acceptors (Lipinski definition) is 3. The molecule has 1 amide bonds. The quantitative estimate of drug-likeness (QED) is 0.633. The maximum atomic E-state index is 12.9. The van der Waals surface area contributed by atoms with Crippen molar-refractivity contribution in [2.24, 2.45) is 5.92 Å². The molecule has 0 bridgehead atoms. The number of halogens is 1. The van der Waals surface area contributed by atoms with Crippen molar-refractivity contribution in [3.8, 4) is 0 Å². The van der Waals surface area contributed by atoms with Gasteiger partial charge in [-0.05, 0) is 44.9 Å². The Labute approximate surface area is 124 Å². The van der Waals surface area contributed by atoms with Crippen LogP contribution in [0.4, 0.5) is 4.39 Å². The second-order valence-electron chi connectivity index (χ2n) is 6.15. The lowest BCUT2D eigenvalue weighted by Gasteiger charge is -2.25. The van der Waals surface area contributed by atoms with E-state index in [0.717, 1.165) is 0 Å². The largest absolute Gasteiger partial charge is 0.459 e. The van der Waals surface area contributed by atoms with Crippen molar-refractivity contribution in [1.82, 2.24) is 4.90 Å². The van der Waals surface area contributed by atoms with Crippen LogP contribution in [-0.4, -0.2) is 36.5 Å². The minimum atomic E-state index is -0.926. The Hall–Kier alpha value is -1.91. The van der Waals surface area contributed by atoms with E-state index in [0.29, 0.717) is 5.56 Å². The Morgan fingerprint density at radius 1 is 1.19 bits per heavy atom. The van der Waals surface area contributed by atoms with Gasteiger partial charge in [0.25, 0.3) is 0 Å². The maximum Gasteiger partial charge on any atom is 0.319 e. The van der Waals surface area contributed by atoms with Gasteiger partial charge in [0.2, 0.25) is 5.91 Å². The Kier molecular flexibility index (Phi) is 5.47. The zero-order valence-corrected chi connectivity index (χ0v) is 13.1. The van der Waals surface area contributed by atoms with Crippen LogP contribution in [0.25, 0.3) is 0 Å². The summed E-state index contributed by atoms with van der Waals surface area (Å²) in [7, 11) is 3.18. The van der Waals surface area contributed by atoms with Gasteiger partial charge in [-0.25, -0.2) is 4.39 Å². The van der Waals surface area contributed by atoms with Gasteiger partial charge in [0.1, 0.15) is 17.3 Å². The first-order chi connectivity index (χ1) is 9.60. The lowest BCUT2D eigenvalue weighted by molar-refractivity contribution is -0.164. The normalized spacial score (nSPS) is 12.7. The zero-order chi connectivity index (χ0) is 16.2. The molecule has 0 aliphatic heterocycles. The minimum Gasteiger partial charge on any atom is -0.459 e. The number of carbonyl (C=O) groups is 2. The van der Waals surface area contributed by atoms with Crippen LogP contribution in [0.2, 0.25) is 0 Å². The summed E-state index contributed by atoms with van der Waals surface area (Å²) in [6.07, 6.45) is 0.187. The van der Waals surface area contributed by atoms with Gasteiger partial charge in [0, 0.05) is 14.1 Å². The molecule has 1 unspecified atom stereocenters. The second kappa shape index (κ2) is 6.70. The molecule has 0 saturated carbocycles. The summed E-state index contributed by atoms with van der Waals surface area (Å²) in [5.74, 6) is -2.17. The summed E-state index contributed by atoms with van der Waals surface area (Å²) in [5, 5.41) is 0. The molecule has 5 heteroatoms. The van der Waals surface area contributed by atoms with Gasteiger partial charge in [-0.1, -0.05) is 12.1 Å². The molecule has 21 heavy (non-hydrogen) atoms. The zero-order valence-electron chi connectivity index (χ0n) is 13.1. The van der Waals surface area contributed by atoms with Crippen LogP contribution in [0.5, 0.6) is 0 Å². The van der Waals surface area contributed by atoms with Crippen LogP contribution in [0.3, 0.4) is 0 Å². The van der Waals surface area contributed by atoms with E-state index in [1.54, 1.807) is 47.0 Å². The number of rotatable bonds is 4. The van der Waals surface area contributed by atoms with E-state index in [4.69, 9.17) is 4.74 Å². The van der Waals surface area contributed by atoms with Gasteiger partial charge in [-0.15, -0.1) is 0 Å². The summed E-state index contributed by atoms with van der Waals surface area (Å²) in [4.78, 5) is 25.8. The average molecular weight is 295 g/mol. The number of ether oxygens (including phenoxy) is 1. The molecular weight excluding hydrogens is 273 g/mol. The highest BCUT2D eigenvalue weighted by atomic mass is 19.1. The predicted octanol–water partition coefficient (Wildman–Crippen LogP) is 2.41. The van der Waals surface area contributed by atoms with Gasteiger partial charge in [0.15, 0.2) is 0 Å². The molecule has 1 rings (SSSR count). The highest BCUT2D eigenvalue weighted by Gasteiger charge is 2.32. The van der Waals surface area contributed by atoms with Crippen LogP contribution in [0, 0.1) is 11.7 Å². The molecule has 0 aliphatic rings. The molecule has 0 spiro atoms. The van der Waals surface area contributed by atoms with E-state index in [1.165, 1.54) is 17.0 Å². The molecule has 0 fully saturated rings. The highest BCUT2D eigenvalue weighted by Crippen LogP contribution is 2.17. The number of hydrogen-bond donors (Lipinski definition) is 0. The first kappa shape index (κ1) is 17.1. The lowest BCUT2D eigenvalue weighted by Crippen LogP contribution is -2.39. The van der Waals surface area contributed by atoms with Crippen molar-refractivity contribution in [3.05, 3.63) is 35.6 Å². The monoisotopic (exact) mass is 295 g/mol. The molecule has 0 heterocycles.